The van der Waals surface area contributed by atoms with Gasteiger partial charge in [0.15, 0.2) is 0 Å². The van der Waals surface area contributed by atoms with Crippen LogP contribution in [0.25, 0.3) is 0 Å². The molecule has 126 valence electrons. The zero-order valence-corrected chi connectivity index (χ0v) is 14.3. The summed E-state index contributed by atoms with van der Waals surface area (Å²) in [6.07, 6.45) is 2.35. The van der Waals surface area contributed by atoms with Gasteiger partial charge in [0.05, 0.1) is 33.0 Å². The van der Waals surface area contributed by atoms with Crippen LogP contribution in [0.4, 0.5) is 0 Å². The molecule has 21 heavy (non-hydrogen) atoms. The van der Waals surface area contributed by atoms with Crippen LogP contribution >= 0.6 is 0 Å². The molecule has 0 aromatic carbocycles. The van der Waals surface area contributed by atoms with Crippen LogP contribution in [0.5, 0.6) is 0 Å². The first kappa shape index (κ1) is 18.8. The van der Waals surface area contributed by atoms with E-state index in [0.717, 1.165) is 32.7 Å². The third-order valence-corrected chi connectivity index (χ3v) is 4.41. The Hall–Kier alpha value is -0.200. The molecule has 1 fully saturated rings. The first-order valence-corrected chi connectivity index (χ1v) is 8.28. The van der Waals surface area contributed by atoms with Gasteiger partial charge >= 0.3 is 0 Å². The number of piperazine rings is 1. The second kappa shape index (κ2) is 10.5. The number of hydrogen-bond donors (Lipinski definition) is 1. The summed E-state index contributed by atoms with van der Waals surface area (Å²) < 4.78 is 16.0. The molecule has 1 heterocycles. The molecule has 5 nitrogen and oxygen atoms in total. The number of methoxy groups -OCH3 is 1. The highest BCUT2D eigenvalue weighted by Gasteiger charge is 2.33. The molecule has 0 radical (unpaired) electrons. The van der Waals surface area contributed by atoms with Crippen LogP contribution in [0, 0.1) is 0 Å². The standard InChI is InChI=1S/C16H34N2O3/c1-5-15-13-17-16(3,6-2)14-18(15)7-8-20-11-12-21-10-9-19-4/h15,17H,5-14H2,1-4H3. The highest BCUT2D eigenvalue weighted by molar-refractivity contribution is 4.93. The molecule has 0 aromatic heterocycles. The summed E-state index contributed by atoms with van der Waals surface area (Å²) in [6, 6.07) is 0.631. The maximum absolute atomic E-state index is 5.68. The van der Waals surface area contributed by atoms with E-state index in [2.05, 4.69) is 31.0 Å². The zero-order chi connectivity index (χ0) is 15.6. The van der Waals surface area contributed by atoms with Crippen molar-refractivity contribution >= 4 is 0 Å². The van der Waals surface area contributed by atoms with Gasteiger partial charge in [-0.1, -0.05) is 13.8 Å². The average molecular weight is 302 g/mol. The van der Waals surface area contributed by atoms with Gasteiger partial charge in [0, 0.05) is 38.3 Å². The van der Waals surface area contributed by atoms with E-state index in [1.54, 1.807) is 7.11 Å². The van der Waals surface area contributed by atoms with Gasteiger partial charge in [0.1, 0.15) is 0 Å². The predicted octanol–water partition coefficient (Wildman–Crippen LogP) is 1.52. The van der Waals surface area contributed by atoms with Gasteiger partial charge in [0.25, 0.3) is 0 Å². The molecule has 0 saturated carbocycles. The molecular formula is C16H34N2O3. The lowest BCUT2D eigenvalue weighted by molar-refractivity contribution is 0.00692. The number of rotatable bonds is 11. The summed E-state index contributed by atoms with van der Waals surface area (Å²) in [5, 5.41) is 3.69. The van der Waals surface area contributed by atoms with Gasteiger partial charge in [0.2, 0.25) is 0 Å². The van der Waals surface area contributed by atoms with Gasteiger partial charge < -0.3 is 19.5 Å². The lowest BCUT2D eigenvalue weighted by Gasteiger charge is -2.46. The molecular weight excluding hydrogens is 268 g/mol. The van der Waals surface area contributed by atoms with Crippen LogP contribution in [-0.4, -0.2) is 76.3 Å². The van der Waals surface area contributed by atoms with Crippen LogP contribution < -0.4 is 5.32 Å². The quantitative estimate of drug-likeness (QED) is 0.586. The van der Waals surface area contributed by atoms with E-state index in [9.17, 15) is 0 Å². The SMILES string of the molecule is CCC1CNC(C)(CC)CN1CCOCCOCCOC. The molecule has 1 aliphatic rings. The predicted molar refractivity (Wildman–Crippen MR) is 85.9 cm³/mol. The van der Waals surface area contributed by atoms with Crippen molar-refractivity contribution in [3.8, 4) is 0 Å². The van der Waals surface area contributed by atoms with Crippen molar-refractivity contribution in [2.24, 2.45) is 0 Å². The second-order valence-electron chi connectivity index (χ2n) is 6.05. The molecule has 0 spiro atoms. The number of nitrogens with zero attached hydrogens (tertiary/aromatic N) is 1. The third-order valence-electron chi connectivity index (χ3n) is 4.41. The zero-order valence-electron chi connectivity index (χ0n) is 14.3. The molecule has 2 atom stereocenters. The Bertz CT molecular complexity index is 266. The molecule has 1 saturated heterocycles. The minimum absolute atomic E-state index is 0.245. The smallest absolute Gasteiger partial charge is 0.0701 e. The van der Waals surface area contributed by atoms with Crippen molar-refractivity contribution in [2.45, 2.75) is 45.2 Å². The Balaban J connectivity index is 2.16. The molecule has 0 aromatic rings. The molecule has 0 bridgehead atoms. The fraction of sp³-hybridized carbons (Fsp3) is 1.00. The molecule has 1 N–H and O–H groups in total. The Morgan fingerprint density at radius 3 is 2.38 bits per heavy atom. The van der Waals surface area contributed by atoms with E-state index in [1.807, 2.05) is 0 Å². The van der Waals surface area contributed by atoms with E-state index in [0.29, 0.717) is 32.5 Å². The van der Waals surface area contributed by atoms with Crippen LogP contribution in [0.3, 0.4) is 0 Å². The topological polar surface area (TPSA) is 43.0 Å². The fourth-order valence-corrected chi connectivity index (χ4v) is 2.67. The van der Waals surface area contributed by atoms with E-state index in [-0.39, 0.29) is 5.54 Å². The normalized spacial score (nSPS) is 27.1. The largest absolute Gasteiger partial charge is 0.382 e. The highest BCUT2D eigenvalue weighted by atomic mass is 16.5. The molecule has 0 amide bonds. The van der Waals surface area contributed by atoms with Crippen LogP contribution in [0.15, 0.2) is 0 Å². The van der Waals surface area contributed by atoms with E-state index >= 15 is 0 Å². The minimum atomic E-state index is 0.245. The van der Waals surface area contributed by atoms with E-state index in [1.165, 1.54) is 6.42 Å². The van der Waals surface area contributed by atoms with Crippen molar-refractivity contribution in [3.63, 3.8) is 0 Å². The summed E-state index contributed by atoms with van der Waals surface area (Å²) in [4.78, 5) is 2.58. The van der Waals surface area contributed by atoms with Crippen LogP contribution in [0.2, 0.25) is 0 Å². The van der Waals surface area contributed by atoms with Crippen molar-refractivity contribution < 1.29 is 14.2 Å². The molecule has 1 aliphatic heterocycles. The minimum Gasteiger partial charge on any atom is -0.382 e. The highest BCUT2D eigenvalue weighted by Crippen LogP contribution is 2.19. The third kappa shape index (κ3) is 7.06. The molecule has 0 aliphatic carbocycles. The van der Waals surface area contributed by atoms with Gasteiger partial charge in [-0.25, -0.2) is 0 Å². The Morgan fingerprint density at radius 2 is 1.76 bits per heavy atom. The molecule has 5 heteroatoms. The van der Waals surface area contributed by atoms with Crippen molar-refractivity contribution in [1.82, 2.24) is 10.2 Å². The number of nitrogens with one attached hydrogen (secondary N) is 1. The monoisotopic (exact) mass is 302 g/mol. The van der Waals surface area contributed by atoms with Gasteiger partial charge in [-0.2, -0.15) is 0 Å². The summed E-state index contributed by atoms with van der Waals surface area (Å²) in [7, 11) is 1.68. The number of ether oxygens (including phenoxy) is 3. The summed E-state index contributed by atoms with van der Waals surface area (Å²) in [5.41, 5.74) is 0.245. The Labute approximate surface area is 130 Å². The van der Waals surface area contributed by atoms with Gasteiger partial charge in [-0.3, -0.25) is 4.90 Å². The van der Waals surface area contributed by atoms with Crippen molar-refractivity contribution in [3.05, 3.63) is 0 Å². The van der Waals surface area contributed by atoms with Gasteiger partial charge in [-0.05, 0) is 19.8 Å². The maximum Gasteiger partial charge on any atom is 0.0701 e. The van der Waals surface area contributed by atoms with Gasteiger partial charge in [-0.15, -0.1) is 0 Å². The summed E-state index contributed by atoms with van der Waals surface area (Å²) in [5.74, 6) is 0. The number of hydrogen-bond acceptors (Lipinski definition) is 5. The molecule has 2 unspecified atom stereocenters. The van der Waals surface area contributed by atoms with E-state index in [4.69, 9.17) is 14.2 Å². The van der Waals surface area contributed by atoms with Crippen LogP contribution in [-0.2, 0) is 14.2 Å². The fourth-order valence-electron chi connectivity index (χ4n) is 2.67. The summed E-state index contributed by atoms with van der Waals surface area (Å²) >= 11 is 0. The first-order chi connectivity index (χ1) is 10.1. The van der Waals surface area contributed by atoms with Crippen molar-refractivity contribution in [1.29, 1.82) is 0 Å². The first-order valence-electron chi connectivity index (χ1n) is 8.28. The molecule has 1 rings (SSSR count). The second-order valence-corrected chi connectivity index (χ2v) is 6.05. The lowest BCUT2D eigenvalue weighted by Crippen LogP contribution is -2.62. The average Bonchev–Trinajstić information content (AvgIpc) is 2.50. The maximum atomic E-state index is 5.68. The Kier molecular flexibility index (Phi) is 9.44. The lowest BCUT2D eigenvalue weighted by atomic mass is 9.93. The van der Waals surface area contributed by atoms with Crippen LogP contribution in [0.1, 0.15) is 33.6 Å². The van der Waals surface area contributed by atoms with Crippen molar-refractivity contribution in [2.75, 3.05) is 59.8 Å². The summed E-state index contributed by atoms with van der Waals surface area (Å²) in [6.45, 7) is 13.4. The van der Waals surface area contributed by atoms with E-state index < -0.39 is 0 Å². The Morgan fingerprint density at radius 1 is 1.10 bits per heavy atom.